The van der Waals surface area contributed by atoms with E-state index in [1.165, 1.54) is 0 Å². The molecule has 1 heterocycles. The van der Waals surface area contributed by atoms with E-state index in [1.807, 2.05) is 43.0 Å². The van der Waals surface area contributed by atoms with Gasteiger partial charge in [-0.1, -0.05) is 29.8 Å². The third-order valence-corrected chi connectivity index (χ3v) is 5.49. The van der Waals surface area contributed by atoms with Gasteiger partial charge in [-0.05, 0) is 62.6 Å². The number of hydrogen-bond donors (Lipinski definition) is 1. The van der Waals surface area contributed by atoms with Crippen molar-refractivity contribution in [1.82, 2.24) is 0 Å². The minimum Gasteiger partial charge on any atom is -0.490 e. The van der Waals surface area contributed by atoms with Crippen LogP contribution in [0.2, 0.25) is 0 Å². The summed E-state index contributed by atoms with van der Waals surface area (Å²) < 4.78 is 6.91. The van der Waals surface area contributed by atoms with Crippen molar-refractivity contribution in [2.75, 3.05) is 23.4 Å². The van der Waals surface area contributed by atoms with Crippen molar-refractivity contribution in [1.29, 1.82) is 0 Å². The summed E-state index contributed by atoms with van der Waals surface area (Å²) in [4.78, 5) is 27.4. The Morgan fingerprint density at radius 2 is 1.90 bits per heavy atom. The van der Waals surface area contributed by atoms with E-state index in [1.54, 1.807) is 18.2 Å². The van der Waals surface area contributed by atoms with E-state index in [9.17, 15) is 9.59 Å². The van der Waals surface area contributed by atoms with Gasteiger partial charge in [0.05, 0.1) is 11.1 Å². The predicted octanol–water partition coefficient (Wildman–Crippen LogP) is 5.50. The fraction of sp³-hybridized carbons (Fsp3) is 0.391. The highest BCUT2D eigenvalue weighted by Crippen LogP contribution is 2.38. The molecule has 2 aromatic rings. The summed E-state index contributed by atoms with van der Waals surface area (Å²) in [6.07, 6.45) is 0.906. The maximum Gasteiger partial charge on any atom is 0.255 e. The summed E-state index contributed by atoms with van der Waals surface area (Å²) in [5, 5.41) is 2.91. The van der Waals surface area contributed by atoms with E-state index in [4.69, 9.17) is 4.74 Å². The molecule has 1 N–H and O–H groups in total. The maximum absolute atomic E-state index is 13.1. The fourth-order valence-corrected chi connectivity index (χ4v) is 3.40. The molecule has 0 bridgehead atoms. The normalized spacial score (nSPS) is 15.5. The van der Waals surface area contributed by atoms with Crippen LogP contribution in [0.15, 0.2) is 46.9 Å². The zero-order valence-corrected chi connectivity index (χ0v) is 18.9. The lowest BCUT2D eigenvalue weighted by Crippen LogP contribution is -2.42. The molecule has 5 nitrogen and oxygen atoms in total. The second-order valence-corrected chi connectivity index (χ2v) is 9.37. The molecule has 0 saturated heterocycles. The average molecular weight is 459 g/mol. The van der Waals surface area contributed by atoms with Crippen LogP contribution in [0.25, 0.3) is 0 Å². The maximum atomic E-state index is 13.1. The number of hydrogen-bond acceptors (Lipinski definition) is 3. The number of rotatable bonds is 5. The van der Waals surface area contributed by atoms with Crippen LogP contribution in [0, 0.1) is 11.3 Å². The molecule has 2 amide bonds. The highest BCUT2D eigenvalue weighted by molar-refractivity contribution is 9.10. The largest absolute Gasteiger partial charge is 0.490 e. The fourth-order valence-electron chi connectivity index (χ4n) is 3.14. The number of halogens is 1. The van der Waals surface area contributed by atoms with Crippen molar-refractivity contribution >= 4 is 39.1 Å². The van der Waals surface area contributed by atoms with Gasteiger partial charge < -0.3 is 15.0 Å². The third-order valence-electron chi connectivity index (χ3n) is 4.96. The molecule has 1 aliphatic heterocycles. The van der Waals surface area contributed by atoms with E-state index in [2.05, 4.69) is 35.1 Å². The zero-order valence-electron chi connectivity index (χ0n) is 17.3. The third kappa shape index (κ3) is 4.99. The van der Waals surface area contributed by atoms with Gasteiger partial charge in [-0.15, -0.1) is 0 Å². The standard InChI is InChI=1S/C23H27BrN2O3/c1-15(2)11-12-26-19-10-9-18(13-20(19)29-14-23(3,4)22(26)28)25-21(27)16-5-7-17(24)8-6-16/h5-10,13,15H,11-12,14H2,1-4H3,(H,25,27). The molecule has 0 aromatic heterocycles. The summed E-state index contributed by atoms with van der Waals surface area (Å²) >= 11 is 3.37. The number of fused-ring (bicyclic) bond motifs is 1. The Balaban J connectivity index is 1.87. The second-order valence-electron chi connectivity index (χ2n) is 8.46. The van der Waals surface area contributed by atoms with Crippen molar-refractivity contribution in [3.05, 3.63) is 52.5 Å². The van der Waals surface area contributed by atoms with Crippen molar-refractivity contribution < 1.29 is 14.3 Å². The summed E-state index contributed by atoms with van der Waals surface area (Å²) in [6, 6.07) is 12.6. The van der Waals surface area contributed by atoms with Crippen molar-refractivity contribution in [3.63, 3.8) is 0 Å². The van der Waals surface area contributed by atoms with Gasteiger partial charge in [0.2, 0.25) is 5.91 Å². The second kappa shape index (κ2) is 8.57. The number of nitrogens with zero attached hydrogens (tertiary/aromatic N) is 1. The van der Waals surface area contributed by atoms with Crippen molar-refractivity contribution in [2.24, 2.45) is 11.3 Å². The van der Waals surface area contributed by atoms with Crippen LogP contribution in [0.5, 0.6) is 5.75 Å². The molecule has 0 atom stereocenters. The summed E-state index contributed by atoms with van der Waals surface area (Å²) in [5.41, 5.74) is 1.34. The molecule has 3 rings (SSSR count). The molecule has 0 radical (unpaired) electrons. The molecule has 6 heteroatoms. The van der Waals surface area contributed by atoms with Gasteiger partial charge in [0, 0.05) is 28.3 Å². The topological polar surface area (TPSA) is 58.6 Å². The Kier molecular flexibility index (Phi) is 6.32. The van der Waals surface area contributed by atoms with Crippen molar-refractivity contribution in [3.8, 4) is 5.75 Å². The molecule has 29 heavy (non-hydrogen) atoms. The van der Waals surface area contributed by atoms with E-state index in [-0.39, 0.29) is 11.8 Å². The monoisotopic (exact) mass is 458 g/mol. The molecule has 0 unspecified atom stereocenters. The molecule has 2 aromatic carbocycles. The van der Waals surface area contributed by atoms with Crippen LogP contribution in [-0.4, -0.2) is 25.0 Å². The number of amides is 2. The van der Waals surface area contributed by atoms with Gasteiger partial charge in [-0.25, -0.2) is 0 Å². The first-order chi connectivity index (χ1) is 13.7. The Morgan fingerprint density at radius 1 is 1.21 bits per heavy atom. The van der Waals surface area contributed by atoms with Crippen LogP contribution in [-0.2, 0) is 4.79 Å². The van der Waals surface area contributed by atoms with E-state index < -0.39 is 5.41 Å². The first-order valence-electron chi connectivity index (χ1n) is 9.83. The Bertz CT molecular complexity index is 907. The van der Waals surface area contributed by atoms with Crippen LogP contribution in [0.1, 0.15) is 44.5 Å². The Labute approximate surface area is 180 Å². The van der Waals surface area contributed by atoms with E-state index in [0.717, 1.165) is 16.6 Å². The molecule has 0 spiro atoms. The highest BCUT2D eigenvalue weighted by atomic mass is 79.9. The lowest BCUT2D eigenvalue weighted by Gasteiger charge is -2.28. The lowest BCUT2D eigenvalue weighted by molar-refractivity contribution is -0.127. The highest BCUT2D eigenvalue weighted by Gasteiger charge is 2.37. The van der Waals surface area contributed by atoms with Gasteiger partial charge in [0.15, 0.2) is 0 Å². The SMILES string of the molecule is CC(C)CCN1C(=O)C(C)(C)COc2cc(NC(=O)c3ccc(Br)cc3)ccc21. The predicted molar refractivity (Wildman–Crippen MR) is 120 cm³/mol. The number of ether oxygens (including phenoxy) is 1. The number of anilines is 2. The summed E-state index contributed by atoms with van der Waals surface area (Å²) in [5.74, 6) is 0.965. The molecular weight excluding hydrogens is 432 g/mol. The van der Waals surface area contributed by atoms with Gasteiger partial charge in [0.25, 0.3) is 5.91 Å². The van der Waals surface area contributed by atoms with Crippen LogP contribution in [0.4, 0.5) is 11.4 Å². The van der Waals surface area contributed by atoms with Crippen LogP contribution < -0.4 is 15.0 Å². The van der Waals surface area contributed by atoms with Gasteiger partial charge in [-0.2, -0.15) is 0 Å². The van der Waals surface area contributed by atoms with Crippen LogP contribution >= 0.6 is 15.9 Å². The number of carbonyl (C=O) groups is 2. The average Bonchev–Trinajstić information content (AvgIpc) is 2.76. The minimum absolute atomic E-state index is 0.0588. The summed E-state index contributed by atoms with van der Waals surface area (Å²) in [6.45, 7) is 9.03. The first-order valence-corrected chi connectivity index (χ1v) is 10.6. The number of nitrogens with one attached hydrogen (secondary N) is 1. The molecule has 154 valence electrons. The quantitative estimate of drug-likeness (QED) is 0.643. The lowest BCUT2D eigenvalue weighted by atomic mass is 9.92. The van der Waals surface area contributed by atoms with Crippen molar-refractivity contribution in [2.45, 2.75) is 34.1 Å². The van der Waals surface area contributed by atoms with Crippen LogP contribution in [0.3, 0.4) is 0 Å². The Morgan fingerprint density at radius 3 is 2.55 bits per heavy atom. The molecule has 0 aliphatic carbocycles. The van der Waals surface area contributed by atoms with Gasteiger partial charge in [0.1, 0.15) is 12.4 Å². The minimum atomic E-state index is -0.614. The van der Waals surface area contributed by atoms with E-state index >= 15 is 0 Å². The molecular formula is C23H27BrN2O3. The molecule has 1 aliphatic rings. The molecule has 0 saturated carbocycles. The smallest absolute Gasteiger partial charge is 0.255 e. The summed E-state index contributed by atoms with van der Waals surface area (Å²) in [7, 11) is 0. The number of benzene rings is 2. The van der Waals surface area contributed by atoms with Gasteiger partial charge in [-0.3, -0.25) is 9.59 Å². The molecule has 0 fully saturated rings. The Hall–Kier alpha value is -2.34. The first kappa shape index (κ1) is 21.4. The van der Waals surface area contributed by atoms with Gasteiger partial charge >= 0.3 is 0 Å². The zero-order chi connectivity index (χ0) is 21.2. The van der Waals surface area contributed by atoms with E-state index in [0.29, 0.717) is 36.1 Å². The number of carbonyl (C=O) groups excluding carboxylic acids is 2.